The van der Waals surface area contributed by atoms with E-state index in [1.54, 1.807) is 24.4 Å². The summed E-state index contributed by atoms with van der Waals surface area (Å²) in [6.45, 7) is 0. The summed E-state index contributed by atoms with van der Waals surface area (Å²) in [6.07, 6.45) is 3.15. The van der Waals surface area contributed by atoms with Crippen LogP contribution in [0.25, 0.3) is 22.9 Å². The lowest BCUT2D eigenvalue weighted by molar-refractivity contribution is 0.391. The number of halogens is 1. The predicted molar refractivity (Wildman–Crippen MR) is 96.3 cm³/mol. The Hall–Kier alpha value is -2.78. The van der Waals surface area contributed by atoms with Crippen LogP contribution >= 0.6 is 23.4 Å². The molecule has 130 valence electrons. The molecule has 0 N–H and O–H groups in total. The minimum atomic E-state index is 0.476. The fourth-order valence-corrected chi connectivity index (χ4v) is 3.21. The van der Waals surface area contributed by atoms with E-state index in [9.17, 15) is 0 Å². The number of nitrogens with zero attached hydrogens (tertiary/aromatic N) is 7. The molecule has 0 fully saturated rings. The van der Waals surface area contributed by atoms with Gasteiger partial charge in [-0.3, -0.25) is 0 Å². The van der Waals surface area contributed by atoms with Crippen LogP contribution in [-0.2, 0) is 12.8 Å². The van der Waals surface area contributed by atoms with Crippen molar-refractivity contribution < 1.29 is 4.52 Å². The van der Waals surface area contributed by atoms with E-state index in [2.05, 4.69) is 30.3 Å². The Kier molecular flexibility index (Phi) is 4.63. The van der Waals surface area contributed by atoms with Gasteiger partial charge in [0.05, 0.1) is 5.75 Å². The van der Waals surface area contributed by atoms with Gasteiger partial charge in [0.25, 0.3) is 0 Å². The third-order valence-corrected chi connectivity index (χ3v) is 4.76. The van der Waals surface area contributed by atoms with Crippen LogP contribution in [0.1, 0.15) is 5.89 Å². The highest BCUT2D eigenvalue weighted by molar-refractivity contribution is 7.98. The van der Waals surface area contributed by atoms with Gasteiger partial charge in [0.15, 0.2) is 11.0 Å². The van der Waals surface area contributed by atoms with E-state index < -0.39 is 0 Å². The second-order valence-corrected chi connectivity index (χ2v) is 6.65. The van der Waals surface area contributed by atoms with Gasteiger partial charge < -0.3 is 9.09 Å². The Labute approximate surface area is 157 Å². The molecule has 0 saturated carbocycles. The SMILES string of the molecule is Cn1c(SCc2nc(-c3cccc(Cl)c3)no2)nnc1-c1ccncn1. The number of rotatable bonds is 5. The van der Waals surface area contributed by atoms with Gasteiger partial charge in [-0.2, -0.15) is 4.98 Å². The van der Waals surface area contributed by atoms with E-state index in [4.69, 9.17) is 16.1 Å². The highest BCUT2D eigenvalue weighted by Crippen LogP contribution is 2.25. The lowest BCUT2D eigenvalue weighted by Gasteiger charge is -2.01. The van der Waals surface area contributed by atoms with Crippen LogP contribution in [-0.4, -0.2) is 34.9 Å². The minimum absolute atomic E-state index is 0.476. The van der Waals surface area contributed by atoms with Gasteiger partial charge in [-0.05, 0) is 18.2 Å². The van der Waals surface area contributed by atoms with Crippen molar-refractivity contribution in [3.8, 4) is 22.9 Å². The normalized spacial score (nSPS) is 11.0. The summed E-state index contributed by atoms with van der Waals surface area (Å²) in [5, 5.41) is 13.7. The molecule has 1 aromatic carbocycles. The van der Waals surface area contributed by atoms with E-state index in [-0.39, 0.29) is 0 Å². The van der Waals surface area contributed by atoms with Crippen LogP contribution in [0.2, 0.25) is 5.02 Å². The van der Waals surface area contributed by atoms with Crippen LogP contribution in [0.15, 0.2) is 52.5 Å². The summed E-state index contributed by atoms with van der Waals surface area (Å²) >= 11 is 7.45. The van der Waals surface area contributed by atoms with Crippen LogP contribution in [0.5, 0.6) is 0 Å². The van der Waals surface area contributed by atoms with Crippen molar-refractivity contribution >= 4 is 23.4 Å². The lowest BCUT2D eigenvalue weighted by Crippen LogP contribution is -1.96. The largest absolute Gasteiger partial charge is 0.338 e. The molecule has 3 aromatic heterocycles. The predicted octanol–water partition coefficient (Wildman–Crippen LogP) is 3.27. The molecule has 0 bridgehead atoms. The fraction of sp³-hybridized carbons (Fsp3) is 0.125. The Morgan fingerprint density at radius 1 is 1.23 bits per heavy atom. The zero-order valence-corrected chi connectivity index (χ0v) is 15.1. The molecule has 0 atom stereocenters. The summed E-state index contributed by atoms with van der Waals surface area (Å²) in [4.78, 5) is 12.5. The number of benzene rings is 1. The Balaban J connectivity index is 1.48. The zero-order valence-electron chi connectivity index (χ0n) is 13.6. The van der Waals surface area contributed by atoms with Gasteiger partial charge in [-0.1, -0.05) is 40.7 Å². The first-order valence-corrected chi connectivity index (χ1v) is 8.94. The molecule has 4 rings (SSSR count). The number of hydrogen-bond donors (Lipinski definition) is 0. The minimum Gasteiger partial charge on any atom is -0.338 e. The zero-order chi connectivity index (χ0) is 17.9. The molecule has 0 aliphatic rings. The summed E-state index contributed by atoms with van der Waals surface area (Å²) in [6, 6.07) is 9.10. The maximum atomic E-state index is 6.00. The van der Waals surface area contributed by atoms with Gasteiger partial charge in [0.2, 0.25) is 11.7 Å². The average Bonchev–Trinajstić information content (AvgIpc) is 3.28. The second-order valence-electron chi connectivity index (χ2n) is 5.27. The van der Waals surface area contributed by atoms with Crippen LogP contribution in [0.3, 0.4) is 0 Å². The van der Waals surface area contributed by atoms with E-state index in [0.717, 1.165) is 10.7 Å². The molecule has 8 nitrogen and oxygen atoms in total. The molecule has 26 heavy (non-hydrogen) atoms. The first-order valence-electron chi connectivity index (χ1n) is 7.58. The number of thioether (sulfide) groups is 1. The molecule has 0 amide bonds. The summed E-state index contributed by atoms with van der Waals surface area (Å²) in [5.74, 6) is 2.14. The van der Waals surface area contributed by atoms with Crippen molar-refractivity contribution in [3.63, 3.8) is 0 Å². The standard InChI is InChI=1S/C16H12ClN7OS/c1-24-15(12-5-6-18-9-19-12)21-22-16(24)26-8-13-20-14(23-25-13)10-3-2-4-11(17)7-10/h2-7,9H,8H2,1H3. The number of hydrogen-bond acceptors (Lipinski definition) is 8. The van der Waals surface area contributed by atoms with Crippen molar-refractivity contribution in [1.82, 2.24) is 34.9 Å². The Bertz CT molecular complexity index is 1030. The van der Waals surface area contributed by atoms with Crippen molar-refractivity contribution in [3.05, 3.63) is 53.8 Å². The average molecular weight is 386 g/mol. The number of aromatic nitrogens is 7. The van der Waals surface area contributed by atoms with E-state index in [1.165, 1.54) is 18.1 Å². The van der Waals surface area contributed by atoms with Crippen molar-refractivity contribution in [2.75, 3.05) is 0 Å². The van der Waals surface area contributed by atoms with Crippen LogP contribution < -0.4 is 0 Å². The molecule has 0 aliphatic heterocycles. The molecule has 0 aliphatic carbocycles. The molecular formula is C16H12ClN7OS. The highest BCUT2D eigenvalue weighted by atomic mass is 35.5. The lowest BCUT2D eigenvalue weighted by atomic mass is 10.2. The molecule has 0 saturated heterocycles. The summed E-state index contributed by atoms with van der Waals surface area (Å²) in [5.41, 5.74) is 1.52. The van der Waals surface area contributed by atoms with Crippen LogP contribution in [0.4, 0.5) is 0 Å². The van der Waals surface area contributed by atoms with Gasteiger partial charge >= 0.3 is 0 Å². The van der Waals surface area contributed by atoms with E-state index in [0.29, 0.717) is 34.0 Å². The first-order chi connectivity index (χ1) is 12.7. The molecular weight excluding hydrogens is 374 g/mol. The fourth-order valence-electron chi connectivity index (χ4n) is 2.27. The van der Waals surface area contributed by atoms with E-state index in [1.807, 2.05) is 23.7 Å². The summed E-state index contributed by atoms with van der Waals surface area (Å²) in [7, 11) is 1.88. The van der Waals surface area contributed by atoms with Crippen molar-refractivity contribution in [1.29, 1.82) is 0 Å². The molecule has 0 radical (unpaired) electrons. The Morgan fingerprint density at radius 3 is 2.96 bits per heavy atom. The van der Waals surface area contributed by atoms with Crippen LogP contribution in [0, 0.1) is 0 Å². The molecule has 0 unspecified atom stereocenters. The monoisotopic (exact) mass is 385 g/mol. The van der Waals surface area contributed by atoms with E-state index >= 15 is 0 Å². The maximum absolute atomic E-state index is 6.00. The first kappa shape index (κ1) is 16.7. The van der Waals surface area contributed by atoms with Gasteiger partial charge in [-0.15, -0.1) is 10.2 Å². The smallest absolute Gasteiger partial charge is 0.237 e. The van der Waals surface area contributed by atoms with Gasteiger partial charge in [0, 0.05) is 23.8 Å². The maximum Gasteiger partial charge on any atom is 0.237 e. The quantitative estimate of drug-likeness (QED) is 0.483. The second kappa shape index (κ2) is 7.22. The molecule has 4 aromatic rings. The third kappa shape index (κ3) is 3.44. The summed E-state index contributed by atoms with van der Waals surface area (Å²) < 4.78 is 7.17. The molecule has 0 spiro atoms. The van der Waals surface area contributed by atoms with Crippen molar-refractivity contribution in [2.45, 2.75) is 10.9 Å². The molecule has 10 heteroatoms. The molecule has 3 heterocycles. The topological polar surface area (TPSA) is 95.4 Å². The highest BCUT2D eigenvalue weighted by Gasteiger charge is 2.14. The van der Waals surface area contributed by atoms with Gasteiger partial charge in [-0.25, -0.2) is 9.97 Å². The van der Waals surface area contributed by atoms with Crippen molar-refractivity contribution in [2.24, 2.45) is 7.05 Å². The third-order valence-electron chi connectivity index (χ3n) is 3.52. The Morgan fingerprint density at radius 2 is 2.15 bits per heavy atom. The van der Waals surface area contributed by atoms with Gasteiger partial charge in [0.1, 0.15) is 12.0 Å².